The molecule has 0 bridgehead atoms. The molecule has 0 aliphatic rings. The van der Waals surface area contributed by atoms with E-state index in [9.17, 15) is 18.0 Å². The average molecular weight is 422 g/mol. The maximum Gasteiger partial charge on any atom is 0.346 e. The van der Waals surface area contributed by atoms with Crippen LogP contribution in [-0.2, 0) is 4.79 Å². The summed E-state index contributed by atoms with van der Waals surface area (Å²) < 4.78 is 51.5. The number of hydrogen-bond donors (Lipinski definition) is 0. The second kappa shape index (κ2) is 11.6. The Kier molecular flexibility index (Phi) is 9.21. The summed E-state index contributed by atoms with van der Waals surface area (Å²) in [6, 6.07) is 13.7. The molecule has 2 aromatic rings. The summed E-state index contributed by atoms with van der Waals surface area (Å²) in [5, 5.41) is 0. The van der Waals surface area contributed by atoms with E-state index in [0.717, 1.165) is 11.1 Å². The third-order valence-corrected chi connectivity index (χ3v) is 5.00. The molecule has 0 radical (unpaired) electrons. The van der Waals surface area contributed by atoms with E-state index in [0.29, 0.717) is 18.6 Å². The quantitative estimate of drug-likeness (QED) is 0.306. The van der Waals surface area contributed by atoms with Gasteiger partial charge in [0.1, 0.15) is 24.3 Å². The van der Waals surface area contributed by atoms with Crippen molar-refractivity contribution >= 4 is 5.97 Å². The highest BCUT2D eigenvalue weighted by Gasteiger charge is 2.25. The number of alkyl halides is 3. The molecule has 2 aromatic carbocycles. The van der Waals surface area contributed by atoms with E-state index >= 15 is 0 Å². The summed E-state index contributed by atoms with van der Waals surface area (Å²) in [6.45, 7) is 4.96. The number of esters is 1. The average Bonchev–Trinajstić information content (AvgIpc) is 2.77. The molecule has 0 N–H and O–H groups in total. The number of halogens is 3. The number of ether oxygens (including phenoxy) is 2. The van der Waals surface area contributed by atoms with Gasteiger partial charge in [-0.1, -0.05) is 57.9 Å². The van der Waals surface area contributed by atoms with Crippen LogP contribution < -0.4 is 9.47 Å². The maximum absolute atomic E-state index is 13.9. The van der Waals surface area contributed by atoms with Crippen LogP contribution in [0.25, 0.3) is 11.1 Å². The first-order chi connectivity index (χ1) is 14.3. The summed E-state index contributed by atoms with van der Waals surface area (Å²) in [5.41, 5.74) is 1.73. The van der Waals surface area contributed by atoms with Crippen molar-refractivity contribution in [3.8, 4) is 22.6 Å². The zero-order valence-electron chi connectivity index (χ0n) is 17.6. The molecule has 6 heteroatoms. The molecule has 0 amide bonds. The number of carbonyl (C=O) groups is 1. The lowest BCUT2D eigenvalue weighted by molar-refractivity contribution is -0.141. The Hall–Kier alpha value is -2.50. The van der Waals surface area contributed by atoms with E-state index in [-0.39, 0.29) is 18.8 Å². The van der Waals surface area contributed by atoms with Crippen LogP contribution in [0.3, 0.4) is 0 Å². The van der Waals surface area contributed by atoms with Gasteiger partial charge in [0.05, 0.1) is 0 Å². The highest BCUT2D eigenvalue weighted by Crippen LogP contribution is 2.26. The van der Waals surface area contributed by atoms with Crippen LogP contribution in [0.5, 0.6) is 11.5 Å². The third-order valence-electron chi connectivity index (χ3n) is 5.00. The van der Waals surface area contributed by atoms with Crippen molar-refractivity contribution < 1.29 is 27.4 Å². The second-order valence-corrected chi connectivity index (χ2v) is 7.39. The summed E-state index contributed by atoms with van der Waals surface area (Å²) >= 11 is 0. The molecule has 0 fully saturated rings. The Labute approximate surface area is 176 Å². The molecule has 0 spiro atoms. The molecule has 0 aliphatic carbocycles. The van der Waals surface area contributed by atoms with Gasteiger partial charge in [-0.05, 0) is 47.7 Å². The Morgan fingerprint density at radius 3 is 1.90 bits per heavy atom. The van der Waals surface area contributed by atoms with E-state index in [1.165, 1.54) is 0 Å². The SMILES string of the molecule is CCC[C@@H](F)[C@H](F)COc1ccc(-c2ccc(OC(=O)[C@H](F)[C@@H](C)CC)cc2)cc1. The standard InChI is InChI=1S/C24H29F3O3/c1-4-6-21(25)22(26)15-29-19-11-7-17(8-12-19)18-9-13-20(14-10-18)30-24(28)23(27)16(3)5-2/h7-14,16,21-23H,4-6,15H2,1-3H3/t16-,21+,22+,23+/m0/s1. The molecule has 0 heterocycles. The van der Waals surface area contributed by atoms with E-state index in [1.807, 2.05) is 6.92 Å². The van der Waals surface area contributed by atoms with Crippen LogP contribution in [0.1, 0.15) is 40.0 Å². The van der Waals surface area contributed by atoms with Crippen molar-refractivity contribution in [3.05, 3.63) is 48.5 Å². The second-order valence-electron chi connectivity index (χ2n) is 7.39. The predicted molar refractivity (Wildman–Crippen MR) is 112 cm³/mol. The molecular formula is C24H29F3O3. The molecule has 30 heavy (non-hydrogen) atoms. The van der Waals surface area contributed by atoms with Crippen LogP contribution in [0.15, 0.2) is 48.5 Å². The zero-order chi connectivity index (χ0) is 22.1. The van der Waals surface area contributed by atoms with Gasteiger partial charge < -0.3 is 9.47 Å². The van der Waals surface area contributed by atoms with Gasteiger partial charge in [0.15, 0.2) is 12.3 Å². The van der Waals surface area contributed by atoms with Crippen LogP contribution in [-0.4, -0.2) is 31.1 Å². The molecule has 164 valence electrons. The fourth-order valence-corrected chi connectivity index (χ4v) is 2.81. The number of hydrogen-bond acceptors (Lipinski definition) is 3. The first-order valence-corrected chi connectivity index (χ1v) is 10.3. The maximum atomic E-state index is 13.9. The monoisotopic (exact) mass is 422 g/mol. The van der Waals surface area contributed by atoms with Crippen LogP contribution in [0.2, 0.25) is 0 Å². The lowest BCUT2D eigenvalue weighted by Crippen LogP contribution is -2.27. The molecule has 3 nitrogen and oxygen atoms in total. The summed E-state index contributed by atoms with van der Waals surface area (Å²) in [4.78, 5) is 11.8. The van der Waals surface area contributed by atoms with Crippen LogP contribution >= 0.6 is 0 Å². The van der Waals surface area contributed by atoms with Gasteiger partial charge in [0.25, 0.3) is 0 Å². The lowest BCUT2D eigenvalue weighted by atomic mass is 10.0. The molecule has 0 aliphatic heterocycles. The van der Waals surface area contributed by atoms with Gasteiger partial charge >= 0.3 is 5.97 Å². The van der Waals surface area contributed by atoms with Crippen LogP contribution in [0, 0.1) is 5.92 Å². The van der Waals surface area contributed by atoms with Gasteiger partial charge in [-0.2, -0.15) is 0 Å². The van der Waals surface area contributed by atoms with Gasteiger partial charge in [-0.3, -0.25) is 0 Å². The molecule has 0 aromatic heterocycles. The van der Waals surface area contributed by atoms with E-state index in [2.05, 4.69) is 0 Å². The fraction of sp³-hybridized carbons (Fsp3) is 0.458. The molecule has 2 rings (SSSR count). The van der Waals surface area contributed by atoms with Gasteiger partial charge in [-0.25, -0.2) is 18.0 Å². The molecule has 0 unspecified atom stereocenters. The fourth-order valence-electron chi connectivity index (χ4n) is 2.81. The van der Waals surface area contributed by atoms with Crippen molar-refractivity contribution in [1.82, 2.24) is 0 Å². The number of carbonyl (C=O) groups excluding carboxylic acids is 1. The highest BCUT2D eigenvalue weighted by molar-refractivity contribution is 5.77. The van der Waals surface area contributed by atoms with Crippen molar-refractivity contribution in [2.75, 3.05) is 6.61 Å². The van der Waals surface area contributed by atoms with Crippen molar-refractivity contribution in [3.63, 3.8) is 0 Å². The Balaban J connectivity index is 1.93. The molecule has 0 saturated heterocycles. The predicted octanol–water partition coefficient (Wildman–Crippen LogP) is 6.50. The van der Waals surface area contributed by atoms with Crippen molar-refractivity contribution in [1.29, 1.82) is 0 Å². The van der Waals surface area contributed by atoms with Gasteiger partial charge in [0.2, 0.25) is 0 Å². The summed E-state index contributed by atoms with van der Waals surface area (Å²) in [7, 11) is 0. The minimum Gasteiger partial charge on any atom is -0.490 e. The van der Waals surface area contributed by atoms with E-state index in [1.54, 1.807) is 62.4 Å². The molecule has 0 saturated carbocycles. The lowest BCUT2D eigenvalue weighted by Gasteiger charge is -2.14. The minimum absolute atomic E-state index is 0.179. The highest BCUT2D eigenvalue weighted by atomic mass is 19.2. The number of benzene rings is 2. The van der Waals surface area contributed by atoms with Crippen LogP contribution in [0.4, 0.5) is 13.2 Å². The Morgan fingerprint density at radius 1 is 0.867 bits per heavy atom. The molecular weight excluding hydrogens is 393 g/mol. The first kappa shape index (κ1) is 23.8. The van der Waals surface area contributed by atoms with Crippen molar-refractivity contribution in [2.45, 2.75) is 58.5 Å². The summed E-state index contributed by atoms with van der Waals surface area (Å²) in [5.74, 6) is -0.557. The Morgan fingerprint density at radius 2 is 1.40 bits per heavy atom. The Bertz CT molecular complexity index is 777. The van der Waals surface area contributed by atoms with Gasteiger partial charge in [0, 0.05) is 0 Å². The topological polar surface area (TPSA) is 35.5 Å². The normalized spacial score (nSPS) is 15.1. The number of rotatable bonds is 11. The van der Waals surface area contributed by atoms with E-state index < -0.39 is 30.4 Å². The zero-order valence-corrected chi connectivity index (χ0v) is 17.6. The third kappa shape index (κ3) is 6.78. The van der Waals surface area contributed by atoms with Gasteiger partial charge in [-0.15, -0.1) is 0 Å². The largest absolute Gasteiger partial charge is 0.490 e. The summed E-state index contributed by atoms with van der Waals surface area (Å²) in [6.07, 6.45) is -3.50. The minimum atomic E-state index is -1.65. The van der Waals surface area contributed by atoms with Crippen molar-refractivity contribution in [2.24, 2.45) is 5.92 Å². The molecule has 4 atom stereocenters. The van der Waals surface area contributed by atoms with E-state index in [4.69, 9.17) is 9.47 Å². The smallest absolute Gasteiger partial charge is 0.346 e. The first-order valence-electron chi connectivity index (χ1n) is 10.3.